The minimum atomic E-state index is 0.710. The molecule has 0 bridgehead atoms. The molecule has 80 valence electrons. The molecule has 0 aliphatic rings. The number of nitrogens with zero attached hydrogens (tertiary/aromatic N) is 1. The molecular weight excluding hydrogens is 188 g/mol. The van der Waals surface area contributed by atoms with Crippen LogP contribution in [0.15, 0.2) is 22.6 Å². The first-order valence-electron chi connectivity index (χ1n) is 5.36. The Morgan fingerprint density at radius 3 is 3.07 bits per heavy atom. The minimum Gasteiger partial charge on any atom is -0.439 e. The summed E-state index contributed by atoms with van der Waals surface area (Å²) in [5.74, 6) is 0.768. The summed E-state index contributed by atoms with van der Waals surface area (Å²) in [6.07, 6.45) is 1.12. The van der Waals surface area contributed by atoms with Crippen molar-refractivity contribution in [2.75, 3.05) is 6.54 Å². The van der Waals surface area contributed by atoms with Crippen LogP contribution in [0.3, 0.4) is 0 Å². The molecule has 3 nitrogen and oxygen atoms in total. The maximum Gasteiger partial charge on any atom is 0.209 e. The predicted molar refractivity (Wildman–Crippen MR) is 60.7 cm³/mol. The lowest BCUT2D eigenvalue weighted by Gasteiger charge is -1.96. The molecule has 1 N–H and O–H groups in total. The predicted octanol–water partition coefficient (Wildman–Crippen LogP) is 2.64. The molecule has 15 heavy (non-hydrogen) atoms. The van der Waals surface area contributed by atoms with Gasteiger partial charge >= 0.3 is 0 Å². The van der Waals surface area contributed by atoms with E-state index in [0.29, 0.717) is 6.54 Å². The smallest absolute Gasteiger partial charge is 0.209 e. The highest BCUT2D eigenvalue weighted by atomic mass is 16.3. The van der Waals surface area contributed by atoms with Crippen molar-refractivity contribution in [2.24, 2.45) is 0 Å². The Morgan fingerprint density at radius 2 is 2.27 bits per heavy atom. The molecule has 0 saturated heterocycles. The van der Waals surface area contributed by atoms with Crippen molar-refractivity contribution < 1.29 is 4.42 Å². The van der Waals surface area contributed by atoms with E-state index < -0.39 is 0 Å². The zero-order chi connectivity index (χ0) is 10.7. The third kappa shape index (κ3) is 2.36. The first-order valence-corrected chi connectivity index (χ1v) is 5.36. The van der Waals surface area contributed by atoms with Crippen LogP contribution in [0.1, 0.15) is 24.8 Å². The van der Waals surface area contributed by atoms with Gasteiger partial charge in [-0.2, -0.15) is 0 Å². The Kier molecular flexibility index (Phi) is 3.02. The minimum absolute atomic E-state index is 0.710. The number of hydrogen-bond acceptors (Lipinski definition) is 3. The molecule has 0 radical (unpaired) electrons. The molecular formula is C12H16N2O. The lowest BCUT2D eigenvalue weighted by atomic mass is 10.2. The van der Waals surface area contributed by atoms with Gasteiger partial charge in [0.1, 0.15) is 5.52 Å². The van der Waals surface area contributed by atoms with E-state index >= 15 is 0 Å². The summed E-state index contributed by atoms with van der Waals surface area (Å²) in [7, 11) is 0. The van der Waals surface area contributed by atoms with Gasteiger partial charge in [0.05, 0.1) is 6.54 Å². The second-order valence-corrected chi connectivity index (χ2v) is 3.76. The molecule has 2 rings (SSSR count). The zero-order valence-electron chi connectivity index (χ0n) is 9.21. The van der Waals surface area contributed by atoms with Crippen LogP contribution >= 0.6 is 0 Å². The van der Waals surface area contributed by atoms with Crippen LogP contribution in [0.25, 0.3) is 11.1 Å². The quantitative estimate of drug-likeness (QED) is 0.778. The van der Waals surface area contributed by atoms with E-state index in [2.05, 4.69) is 24.1 Å². The number of nitrogens with one attached hydrogen (secondary N) is 1. The third-order valence-electron chi connectivity index (χ3n) is 2.29. The van der Waals surface area contributed by atoms with Crippen molar-refractivity contribution in [2.45, 2.75) is 26.8 Å². The zero-order valence-corrected chi connectivity index (χ0v) is 9.21. The van der Waals surface area contributed by atoms with Crippen molar-refractivity contribution in [3.63, 3.8) is 0 Å². The normalized spacial score (nSPS) is 11.1. The van der Waals surface area contributed by atoms with Crippen LogP contribution in [0.4, 0.5) is 0 Å². The summed E-state index contributed by atoms with van der Waals surface area (Å²) in [5.41, 5.74) is 3.03. The Labute approximate surface area is 89.5 Å². The molecule has 0 spiro atoms. The van der Waals surface area contributed by atoms with E-state index in [0.717, 1.165) is 30.0 Å². The first-order chi connectivity index (χ1) is 7.29. The number of benzene rings is 1. The van der Waals surface area contributed by atoms with Crippen LogP contribution in [0, 0.1) is 6.92 Å². The molecule has 1 heterocycles. The Hall–Kier alpha value is -1.35. The maximum absolute atomic E-state index is 5.60. The Bertz CT molecular complexity index is 448. The van der Waals surface area contributed by atoms with Crippen LogP contribution in [0.5, 0.6) is 0 Å². The van der Waals surface area contributed by atoms with E-state index in [1.165, 1.54) is 5.56 Å². The fourth-order valence-electron chi connectivity index (χ4n) is 1.53. The van der Waals surface area contributed by atoms with Crippen molar-refractivity contribution in [3.05, 3.63) is 29.7 Å². The second kappa shape index (κ2) is 4.45. The van der Waals surface area contributed by atoms with Gasteiger partial charge in [-0.1, -0.05) is 13.0 Å². The lowest BCUT2D eigenvalue weighted by molar-refractivity contribution is 0.495. The number of rotatable bonds is 4. The van der Waals surface area contributed by atoms with Crippen LogP contribution in [-0.2, 0) is 6.54 Å². The second-order valence-electron chi connectivity index (χ2n) is 3.76. The summed E-state index contributed by atoms with van der Waals surface area (Å²) in [6.45, 7) is 5.91. The molecule has 0 aliphatic heterocycles. The van der Waals surface area contributed by atoms with Crippen LogP contribution < -0.4 is 5.32 Å². The largest absolute Gasteiger partial charge is 0.439 e. The Balaban J connectivity index is 2.16. The van der Waals surface area contributed by atoms with Crippen molar-refractivity contribution in [1.29, 1.82) is 0 Å². The highest BCUT2D eigenvalue weighted by molar-refractivity contribution is 5.73. The SMILES string of the molecule is CCCNCc1nc2cc(C)ccc2o1. The van der Waals surface area contributed by atoms with E-state index in [1.54, 1.807) is 0 Å². The summed E-state index contributed by atoms with van der Waals surface area (Å²) in [5, 5.41) is 3.27. The van der Waals surface area contributed by atoms with Gasteiger partial charge in [0.25, 0.3) is 0 Å². The lowest BCUT2D eigenvalue weighted by Crippen LogP contribution is -2.13. The van der Waals surface area contributed by atoms with Gasteiger partial charge in [-0.05, 0) is 37.6 Å². The van der Waals surface area contributed by atoms with Crippen LogP contribution in [-0.4, -0.2) is 11.5 Å². The maximum atomic E-state index is 5.60. The van der Waals surface area contributed by atoms with E-state index in [4.69, 9.17) is 4.42 Å². The van der Waals surface area contributed by atoms with Crippen molar-refractivity contribution in [1.82, 2.24) is 10.3 Å². The molecule has 0 atom stereocenters. The van der Waals surface area contributed by atoms with E-state index in [1.807, 2.05) is 18.2 Å². The van der Waals surface area contributed by atoms with Gasteiger partial charge in [0.15, 0.2) is 5.58 Å². The molecule has 1 aromatic carbocycles. The number of aryl methyl sites for hydroxylation is 1. The van der Waals surface area contributed by atoms with Gasteiger partial charge in [0, 0.05) is 0 Å². The number of oxazole rings is 1. The Morgan fingerprint density at radius 1 is 1.40 bits per heavy atom. The van der Waals surface area contributed by atoms with E-state index in [9.17, 15) is 0 Å². The van der Waals surface area contributed by atoms with Gasteiger partial charge < -0.3 is 9.73 Å². The van der Waals surface area contributed by atoms with E-state index in [-0.39, 0.29) is 0 Å². The molecule has 0 fully saturated rings. The number of hydrogen-bond donors (Lipinski definition) is 1. The molecule has 0 amide bonds. The number of fused-ring (bicyclic) bond motifs is 1. The average molecular weight is 204 g/mol. The summed E-state index contributed by atoms with van der Waals surface area (Å²) in [4.78, 5) is 4.42. The first kappa shape index (κ1) is 10.2. The molecule has 3 heteroatoms. The number of aromatic nitrogens is 1. The average Bonchev–Trinajstić information content (AvgIpc) is 2.60. The van der Waals surface area contributed by atoms with Crippen molar-refractivity contribution >= 4 is 11.1 Å². The molecule has 0 unspecified atom stereocenters. The fourth-order valence-corrected chi connectivity index (χ4v) is 1.53. The topological polar surface area (TPSA) is 38.1 Å². The highest BCUT2D eigenvalue weighted by Crippen LogP contribution is 2.16. The summed E-state index contributed by atoms with van der Waals surface area (Å²) < 4.78 is 5.60. The highest BCUT2D eigenvalue weighted by Gasteiger charge is 2.04. The van der Waals surface area contributed by atoms with Gasteiger partial charge in [-0.3, -0.25) is 0 Å². The van der Waals surface area contributed by atoms with Crippen molar-refractivity contribution in [3.8, 4) is 0 Å². The summed E-state index contributed by atoms with van der Waals surface area (Å²) in [6, 6.07) is 6.06. The van der Waals surface area contributed by atoms with Gasteiger partial charge in [0.2, 0.25) is 5.89 Å². The van der Waals surface area contributed by atoms with Gasteiger partial charge in [-0.15, -0.1) is 0 Å². The fraction of sp³-hybridized carbons (Fsp3) is 0.417. The summed E-state index contributed by atoms with van der Waals surface area (Å²) >= 11 is 0. The molecule has 2 aromatic rings. The van der Waals surface area contributed by atoms with Gasteiger partial charge in [-0.25, -0.2) is 4.98 Å². The standard InChI is InChI=1S/C12H16N2O/c1-3-6-13-8-12-14-10-7-9(2)4-5-11(10)15-12/h4-5,7,13H,3,6,8H2,1-2H3. The van der Waals surface area contributed by atoms with Crippen LogP contribution in [0.2, 0.25) is 0 Å². The molecule has 0 saturated carbocycles. The molecule has 1 aromatic heterocycles. The monoisotopic (exact) mass is 204 g/mol. The third-order valence-corrected chi connectivity index (χ3v) is 2.29. The molecule has 0 aliphatic carbocycles.